The van der Waals surface area contributed by atoms with Gasteiger partial charge in [0.05, 0.1) is 17.6 Å². The third-order valence-electron chi connectivity index (χ3n) is 5.06. The highest BCUT2D eigenvalue weighted by Gasteiger charge is 2.17. The normalized spacial score (nSPS) is 12.8. The first-order valence-corrected chi connectivity index (χ1v) is 11.2. The number of thioether (sulfide) groups is 1. The number of rotatable bonds is 6. The molecule has 1 aliphatic rings. The van der Waals surface area contributed by atoms with E-state index < -0.39 is 0 Å². The van der Waals surface area contributed by atoms with Crippen LogP contribution < -0.4 is 9.47 Å². The lowest BCUT2D eigenvalue weighted by Gasteiger charge is -2.19. The molecule has 0 saturated heterocycles. The van der Waals surface area contributed by atoms with E-state index in [4.69, 9.17) is 13.9 Å². The third-order valence-corrected chi connectivity index (χ3v) is 6.04. The summed E-state index contributed by atoms with van der Waals surface area (Å²) in [7, 11) is 0. The highest BCUT2D eigenvalue weighted by molar-refractivity contribution is 7.98. The molecular formula is C23H22N4O3S. The molecule has 0 unspecified atom stereocenters. The zero-order valence-corrected chi connectivity index (χ0v) is 18.2. The van der Waals surface area contributed by atoms with Crippen molar-refractivity contribution in [3.63, 3.8) is 0 Å². The predicted molar refractivity (Wildman–Crippen MR) is 118 cm³/mol. The van der Waals surface area contributed by atoms with E-state index in [1.54, 1.807) is 11.8 Å². The minimum absolute atomic E-state index is 0.534. The second-order valence-electron chi connectivity index (χ2n) is 7.18. The number of imidazole rings is 1. The Bertz CT molecular complexity index is 1200. The summed E-state index contributed by atoms with van der Waals surface area (Å²) in [5.41, 5.74) is 4.20. The number of hydrogen-bond donors (Lipinski definition) is 0. The lowest BCUT2D eigenvalue weighted by molar-refractivity contribution is 0.171. The van der Waals surface area contributed by atoms with Gasteiger partial charge in [0, 0.05) is 17.7 Å². The Labute approximate surface area is 184 Å². The Morgan fingerprint density at radius 1 is 0.968 bits per heavy atom. The van der Waals surface area contributed by atoms with Crippen molar-refractivity contribution in [2.24, 2.45) is 0 Å². The molecule has 31 heavy (non-hydrogen) atoms. The molecule has 2 aromatic carbocycles. The average molecular weight is 435 g/mol. The van der Waals surface area contributed by atoms with Crippen LogP contribution in [0.25, 0.3) is 22.7 Å². The Morgan fingerprint density at radius 2 is 1.74 bits per heavy atom. The highest BCUT2D eigenvalue weighted by Crippen LogP contribution is 2.36. The van der Waals surface area contributed by atoms with Crippen molar-refractivity contribution < 1.29 is 13.9 Å². The molecule has 5 rings (SSSR count). The molecule has 0 atom stereocenters. The Balaban J connectivity index is 1.33. The fraction of sp³-hybridized carbons (Fsp3) is 0.261. The van der Waals surface area contributed by atoms with Gasteiger partial charge in [0.25, 0.3) is 0 Å². The van der Waals surface area contributed by atoms with Gasteiger partial charge in [-0.15, -0.1) is 10.2 Å². The van der Waals surface area contributed by atoms with E-state index in [-0.39, 0.29) is 0 Å². The van der Waals surface area contributed by atoms with E-state index in [0.717, 1.165) is 40.0 Å². The van der Waals surface area contributed by atoms with Crippen molar-refractivity contribution in [1.82, 2.24) is 19.7 Å². The standard InChI is InChI=1S/C23H22N4O3S/c1-3-27-18(17-8-9-19-20(12-17)29-11-10-28-19)13-24-23(27)31-14-21-25-26-22(30-21)16-6-4-15(2)5-7-16/h4-9,12-13H,3,10-11,14H2,1-2H3. The van der Waals surface area contributed by atoms with Crippen molar-refractivity contribution in [2.75, 3.05) is 13.2 Å². The first-order valence-electron chi connectivity index (χ1n) is 10.2. The number of aryl methyl sites for hydroxylation is 1. The summed E-state index contributed by atoms with van der Waals surface area (Å²) in [4.78, 5) is 4.63. The molecule has 0 spiro atoms. The van der Waals surface area contributed by atoms with Crippen LogP contribution in [0.15, 0.2) is 58.2 Å². The quantitative estimate of drug-likeness (QED) is 0.396. The van der Waals surface area contributed by atoms with Crippen LogP contribution in [0.3, 0.4) is 0 Å². The van der Waals surface area contributed by atoms with Gasteiger partial charge in [0.1, 0.15) is 13.2 Å². The van der Waals surface area contributed by atoms with E-state index in [0.29, 0.717) is 30.7 Å². The molecule has 0 amide bonds. The Kier molecular flexibility index (Phi) is 5.38. The van der Waals surface area contributed by atoms with E-state index in [1.165, 1.54) is 5.56 Å². The number of hydrogen-bond acceptors (Lipinski definition) is 7. The van der Waals surface area contributed by atoms with E-state index in [1.807, 2.05) is 48.7 Å². The molecule has 7 nitrogen and oxygen atoms in total. The molecule has 0 fully saturated rings. The van der Waals surface area contributed by atoms with Crippen molar-refractivity contribution >= 4 is 11.8 Å². The lowest BCUT2D eigenvalue weighted by atomic mass is 10.1. The van der Waals surface area contributed by atoms with Crippen LogP contribution >= 0.6 is 11.8 Å². The van der Waals surface area contributed by atoms with Crippen LogP contribution in [0.2, 0.25) is 0 Å². The van der Waals surface area contributed by atoms with Crippen LogP contribution in [0.1, 0.15) is 18.4 Å². The fourth-order valence-corrected chi connectivity index (χ4v) is 4.34. The Hall–Kier alpha value is -3.26. The van der Waals surface area contributed by atoms with Gasteiger partial charge in [-0.05, 0) is 44.2 Å². The van der Waals surface area contributed by atoms with Crippen molar-refractivity contribution in [2.45, 2.75) is 31.3 Å². The first-order chi connectivity index (χ1) is 15.2. The SMILES string of the molecule is CCn1c(-c2ccc3c(c2)OCCO3)cnc1SCc1nnc(-c2ccc(C)cc2)o1. The zero-order chi connectivity index (χ0) is 21.2. The summed E-state index contributed by atoms with van der Waals surface area (Å²) in [5, 5.41) is 9.28. The van der Waals surface area contributed by atoms with Crippen molar-refractivity contribution in [3.8, 4) is 34.2 Å². The molecule has 0 saturated carbocycles. The summed E-state index contributed by atoms with van der Waals surface area (Å²) in [6.07, 6.45) is 1.89. The van der Waals surface area contributed by atoms with Crippen LogP contribution in [-0.4, -0.2) is 33.0 Å². The number of aromatic nitrogens is 4. The van der Waals surface area contributed by atoms with Crippen molar-refractivity contribution in [1.29, 1.82) is 0 Å². The van der Waals surface area contributed by atoms with Crippen LogP contribution in [0, 0.1) is 6.92 Å². The molecule has 8 heteroatoms. The number of ether oxygens (including phenoxy) is 2. The molecule has 0 aliphatic carbocycles. The summed E-state index contributed by atoms with van der Waals surface area (Å²) >= 11 is 1.58. The fourth-order valence-electron chi connectivity index (χ4n) is 3.46. The van der Waals surface area contributed by atoms with E-state index in [2.05, 4.69) is 33.6 Å². The smallest absolute Gasteiger partial charge is 0.247 e. The zero-order valence-electron chi connectivity index (χ0n) is 17.4. The van der Waals surface area contributed by atoms with E-state index in [9.17, 15) is 0 Å². The van der Waals surface area contributed by atoms with Crippen LogP contribution in [0.4, 0.5) is 0 Å². The van der Waals surface area contributed by atoms with E-state index >= 15 is 0 Å². The Morgan fingerprint density at radius 3 is 2.55 bits per heavy atom. The molecule has 1 aliphatic heterocycles. The third kappa shape index (κ3) is 4.03. The molecule has 0 bridgehead atoms. The summed E-state index contributed by atoms with van der Waals surface area (Å²) in [5.74, 6) is 3.22. The minimum atomic E-state index is 0.534. The van der Waals surface area contributed by atoms with Gasteiger partial charge in [-0.1, -0.05) is 29.5 Å². The molecule has 3 heterocycles. The van der Waals surface area contributed by atoms with Gasteiger partial charge in [0.15, 0.2) is 16.7 Å². The van der Waals surface area contributed by atoms with Gasteiger partial charge in [0.2, 0.25) is 11.8 Å². The molecule has 4 aromatic rings. The molecule has 0 N–H and O–H groups in total. The molecule has 0 radical (unpaired) electrons. The molecular weight excluding hydrogens is 412 g/mol. The number of benzene rings is 2. The number of nitrogens with zero attached hydrogens (tertiary/aromatic N) is 4. The minimum Gasteiger partial charge on any atom is -0.486 e. The highest BCUT2D eigenvalue weighted by atomic mass is 32.2. The second kappa shape index (κ2) is 8.47. The molecule has 158 valence electrons. The van der Waals surface area contributed by atoms with Gasteiger partial charge >= 0.3 is 0 Å². The summed E-state index contributed by atoms with van der Waals surface area (Å²) in [6.45, 7) is 6.11. The van der Waals surface area contributed by atoms with Crippen molar-refractivity contribution in [3.05, 3.63) is 60.1 Å². The summed E-state index contributed by atoms with van der Waals surface area (Å²) < 4.78 is 19.4. The van der Waals surface area contributed by atoms with Gasteiger partial charge in [-0.2, -0.15) is 0 Å². The van der Waals surface area contributed by atoms with Crippen LogP contribution in [0.5, 0.6) is 11.5 Å². The monoisotopic (exact) mass is 434 g/mol. The maximum Gasteiger partial charge on any atom is 0.247 e. The topological polar surface area (TPSA) is 75.2 Å². The lowest BCUT2D eigenvalue weighted by Crippen LogP contribution is -2.15. The second-order valence-corrected chi connectivity index (χ2v) is 8.13. The maximum absolute atomic E-state index is 5.85. The number of fused-ring (bicyclic) bond motifs is 1. The van der Waals surface area contributed by atoms with Gasteiger partial charge in [-0.25, -0.2) is 4.98 Å². The molecule has 2 aromatic heterocycles. The predicted octanol–water partition coefficient (Wildman–Crippen LogP) is 4.99. The first kappa shape index (κ1) is 19.7. The maximum atomic E-state index is 5.85. The largest absolute Gasteiger partial charge is 0.486 e. The van der Waals surface area contributed by atoms with Crippen LogP contribution in [-0.2, 0) is 12.3 Å². The summed E-state index contributed by atoms with van der Waals surface area (Å²) in [6, 6.07) is 14.0. The van der Waals surface area contributed by atoms with Gasteiger partial charge < -0.3 is 18.5 Å². The average Bonchev–Trinajstić information content (AvgIpc) is 3.44. The van der Waals surface area contributed by atoms with Gasteiger partial charge in [-0.3, -0.25) is 0 Å².